The molecule has 1 aliphatic rings. The van der Waals surface area contributed by atoms with E-state index in [2.05, 4.69) is 0 Å². The highest BCUT2D eigenvalue weighted by Crippen LogP contribution is 2.32. The molecule has 0 saturated heterocycles. The molecule has 5 rings (SSSR count). The average molecular weight is 448 g/mol. The Bertz CT molecular complexity index is 1470. The molecule has 2 aromatic carbocycles. The predicted octanol–water partition coefficient (Wildman–Crippen LogP) is 5.44. The van der Waals surface area contributed by atoms with E-state index in [1.54, 1.807) is 28.8 Å². The number of aromatic nitrogens is 2. The van der Waals surface area contributed by atoms with Gasteiger partial charge in [0, 0.05) is 33.8 Å². The number of benzene rings is 2. The highest BCUT2D eigenvalue weighted by Gasteiger charge is 2.24. The third kappa shape index (κ3) is 3.50. The number of nitro benzene ring substituents is 1. The lowest BCUT2D eigenvalue weighted by Gasteiger charge is -2.22. The molecule has 0 radical (unpaired) electrons. The molecule has 2 aromatic heterocycles. The highest BCUT2D eigenvalue weighted by molar-refractivity contribution is 7.24. The first-order valence-corrected chi connectivity index (χ1v) is 11.6. The van der Waals surface area contributed by atoms with E-state index in [-0.39, 0.29) is 28.1 Å². The zero-order valence-electron chi connectivity index (χ0n) is 17.3. The van der Waals surface area contributed by atoms with Crippen LogP contribution in [0.15, 0.2) is 58.1 Å². The maximum absolute atomic E-state index is 13.8. The molecule has 0 spiro atoms. The minimum atomic E-state index is -0.454. The van der Waals surface area contributed by atoms with Crippen molar-refractivity contribution in [2.75, 3.05) is 0 Å². The molecule has 0 atom stereocenters. The number of hydrogen-bond donors (Lipinski definition) is 0. The van der Waals surface area contributed by atoms with Crippen LogP contribution in [0.3, 0.4) is 0 Å². The summed E-state index contributed by atoms with van der Waals surface area (Å²) in [5, 5.41) is 12.0. The lowest BCUT2D eigenvalue weighted by molar-refractivity contribution is -0.384. The summed E-state index contributed by atoms with van der Waals surface area (Å²) in [6.45, 7) is 0. The van der Waals surface area contributed by atoms with Crippen molar-refractivity contribution in [1.82, 2.24) is 9.55 Å². The van der Waals surface area contributed by atoms with Crippen molar-refractivity contribution < 1.29 is 4.92 Å². The van der Waals surface area contributed by atoms with Gasteiger partial charge in [0.2, 0.25) is 5.43 Å². The summed E-state index contributed by atoms with van der Waals surface area (Å²) in [7, 11) is 0. The number of nitrogens with zero attached hydrogens (tertiary/aromatic N) is 3. The molecule has 1 saturated carbocycles. The van der Waals surface area contributed by atoms with Crippen LogP contribution in [0.4, 0.5) is 5.69 Å². The van der Waals surface area contributed by atoms with Gasteiger partial charge < -0.3 is 0 Å². The third-order valence-electron chi connectivity index (χ3n) is 6.15. The molecule has 0 amide bonds. The quantitative estimate of drug-likeness (QED) is 0.180. The van der Waals surface area contributed by atoms with E-state index in [1.165, 1.54) is 23.5 Å². The molecule has 4 aromatic rings. The van der Waals surface area contributed by atoms with Gasteiger partial charge in [-0.2, -0.15) is 0 Å². The smallest absolute Gasteiger partial charge is 0.270 e. The van der Waals surface area contributed by atoms with Crippen LogP contribution < -0.4 is 11.0 Å². The molecule has 0 N–H and O–H groups in total. The fourth-order valence-corrected chi connectivity index (χ4v) is 5.62. The minimum absolute atomic E-state index is 0.0593. The summed E-state index contributed by atoms with van der Waals surface area (Å²) in [6, 6.07) is 13.3. The Balaban J connectivity index is 1.86. The van der Waals surface area contributed by atoms with Crippen LogP contribution in [0.2, 0.25) is 0 Å². The zero-order valence-corrected chi connectivity index (χ0v) is 18.1. The van der Waals surface area contributed by atoms with Gasteiger partial charge in [0.15, 0.2) is 0 Å². The molecule has 0 bridgehead atoms. The molecule has 2 heterocycles. The SMILES string of the molecule is O=c1c2ccccc2sc2nc(-c3cccc([N+](=O)[O-])c3)n(C3CCCCCC3)c(=O)c12. The van der Waals surface area contributed by atoms with Crippen molar-refractivity contribution in [1.29, 1.82) is 0 Å². The first-order chi connectivity index (χ1) is 15.5. The van der Waals surface area contributed by atoms with E-state index < -0.39 is 4.92 Å². The molecule has 1 fully saturated rings. The Hall–Kier alpha value is -3.39. The fraction of sp³-hybridized carbons (Fsp3) is 0.292. The van der Waals surface area contributed by atoms with Crippen LogP contribution in [0, 0.1) is 10.1 Å². The van der Waals surface area contributed by atoms with Gasteiger partial charge in [-0.15, -0.1) is 11.3 Å². The number of hydrogen-bond acceptors (Lipinski definition) is 6. The lowest BCUT2D eigenvalue weighted by atomic mass is 10.1. The zero-order chi connectivity index (χ0) is 22.2. The van der Waals surface area contributed by atoms with E-state index in [4.69, 9.17) is 4.98 Å². The summed E-state index contributed by atoms with van der Waals surface area (Å²) in [5.41, 5.74) is -0.207. The van der Waals surface area contributed by atoms with Gasteiger partial charge in [-0.1, -0.05) is 49.9 Å². The molecule has 1 aliphatic carbocycles. The fourth-order valence-electron chi connectivity index (χ4n) is 4.58. The Labute approximate surface area is 187 Å². The maximum Gasteiger partial charge on any atom is 0.270 e. The highest BCUT2D eigenvalue weighted by atomic mass is 32.1. The Morgan fingerprint density at radius 2 is 1.75 bits per heavy atom. The molecule has 8 heteroatoms. The van der Waals surface area contributed by atoms with Crippen molar-refractivity contribution in [3.8, 4) is 11.4 Å². The van der Waals surface area contributed by atoms with Gasteiger partial charge in [0.25, 0.3) is 11.2 Å². The van der Waals surface area contributed by atoms with E-state index in [0.29, 0.717) is 21.6 Å². The predicted molar refractivity (Wildman–Crippen MR) is 126 cm³/mol. The van der Waals surface area contributed by atoms with E-state index in [1.807, 2.05) is 12.1 Å². The lowest BCUT2D eigenvalue weighted by Crippen LogP contribution is -2.30. The van der Waals surface area contributed by atoms with Gasteiger partial charge >= 0.3 is 0 Å². The largest absolute Gasteiger partial charge is 0.289 e. The van der Waals surface area contributed by atoms with E-state index in [9.17, 15) is 19.7 Å². The van der Waals surface area contributed by atoms with Crippen molar-refractivity contribution in [3.63, 3.8) is 0 Å². The van der Waals surface area contributed by atoms with Crippen LogP contribution in [0.5, 0.6) is 0 Å². The van der Waals surface area contributed by atoms with Gasteiger partial charge in [-0.25, -0.2) is 4.98 Å². The van der Waals surface area contributed by atoms with Crippen molar-refractivity contribution in [3.05, 3.63) is 79.2 Å². The molecule has 162 valence electrons. The van der Waals surface area contributed by atoms with Gasteiger partial charge in [-0.05, 0) is 25.0 Å². The Morgan fingerprint density at radius 3 is 2.50 bits per heavy atom. The molecule has 32 heavy (non-hydrogen) atoms. The number of rotatable bonds is 3. The van der Waals surface area contributed by atoms with Gasteiger partial charge in [0.05, 0.1) is 4.92 Å². The van der Waals surface area contributed by atoms with Crippen molar-refractivity contribution >= 4 is 37.3 Å². The first kappa shape index (κ1) is 20.5. The monoisotopic (exact) mass is 447 g/mol. The summed E-state index contributed by atoms with van der Waals surface area (Å²) >= 11 is 1.30. The number of nitro groups is 1. The molecular weight excluding hydrogens is 426 g/mol. The Morgan fingerprint density at radius 1 is 1.00 bits per heavy atom. The average Bonchev–Trinajstić information content (AvgIpc) is 3.08. The molecule has 7 nitrogen and oxygen atoms in total. The minimum Gasteiger partial charge on any atom is -0.289 e. The summed E-state index contributed by atoms with van der Waals surface area (Å²) in [5.74, 6) is 0.393. The van der Waals surface area contributed by atoms with Crippen LogP contribution in [-0.2, 0) is 0 Å². The summed E-state index contributed by atoms with van der Waals surface area (Å²) in [6.07, 6.45) is 5.85. The van der Waals surface area contributed by atoms with Crippen LogP contribution in [0.25, 0.3) is 31.7 Å². The second kappa shape index (κ2) is 8.27. The normalized spacial score (nSPS) is 15.1. The number of fused-ring (bicyclic) bond motifs is 2. The van der Waals surface area contributed by atoms with Crippen LogP contribution in [0.1, 0.15) is 44.6 Å². The third-order valence-corrected chi connectivity index (χ3v) is 7.22. The standard InChI is InChI=1S/C24H21N3O4S/c28-21-18-12-5-6-13-19(18)32-23-20(21)24(29)26(16-9-3-1-2-4-10-16)22(25-23)15-8-7-11-17(14-15)27(30)31/h5-8,11-14,16H,1-4,9-10H2. The Kier molecular flexibility index (Phi) is 5.30. The first-order valence-electron chi connectivity index (χ1n) is 10.8. The van der Waals surface area contributed by atoms with Gasteiger partial charge in [0.1, 0.15) is 16.0 Å². The van der Waals surface area contributed by atoms with Crippen molar-refractivity contribution in [2.24, 2.45) is 0 Å². The topological polar surface area (TPSA) is 95.1 Å². The van der Waals surface area contributed by atoms with Crippen molar-refractivity contribution in [2.45, 2.75) is 44.6 Å². The van der Waals surface area contributed by atoms with Gasteiger partial charge in [-0.3, -0.25) is 24.3 Å². The maximum atomic E-state index is 13.8. The second-order valence-corrected chi connectivity index (χ2v) is 9.20. The number of non-ortho nitro benzene ring substituents is 1. The molecular formula is C24H21N3O4S. The van der Waals surface area contributed by atoms with E-state index in [0.717, 1.165) is 43.2 Å². The second-order valence-electron chi connectivity index (χ2n) is 8.17. The van der Waals surface area contributed by atoms with Crippen LogP contribution in [-0.4, -0.2) is 14.5 Å². The van der Waals surface area contributed by atoms with Crippen LogP contribution >= 0.6 is 11.3 Å². The summed E-state index contributed by atoms with van der Waals surface area (Å²) in [4.78, 5) is 43.1. The van der Waals surface area contributed by atoms with E-state index >= 15 is 0 Å². The summed E-state index contributed by atoms with van der Waals surface area (Å²) < 4.78 is 2.39. The molecule has 0 aliphatic heterocycles. The molecule has 0 unspecified atom stereocenters.